The zero-order valence-corrected chi connectivity index (χ0v) is 13.0. The summed E-state index contributed by atoms with van der Waals surface area (Å²) in [6.45, 7) is 0. The summed E-state index contributed by atoms with van der Waals surface area (Å²) in [5.41, 5.74) is 7.23. The van der Waals surface area contributed by atoms with Crippen molar-refractivity contribution < 1.29 is 9.13 Å². The average Bonchev–Trinajstić information content (AvgIpc) is 3.06. The number of rotatable bonds is 4. The Bertz CT molecular complexity index is 1050. The van der Waals surface area contributed by atoms with Crippen molar-refractivity contribution in [2.24, 2.45) is 0 Å². The lowest BCUT2D eigenvalue weighted by Gasteiger charge is -2.08. The molecule has 0 aliphatic heterocycles. The number of aromatic nitrogens is 3. The molecule has 0 atom stereocenters. The van der Waals surface area contributed by atoms with Crippen LogP contribution in [-0.4, -0.2) is 15.0 Å². The molecule has 4 rings (SSSR count). The third kappa shape index (κ3) is 3.20. The van der Waals surface area contributed by atoms with Crippen molar-refractivity contribution in [2.75, 3.05) is 11.1 Å². The van der Waals surface area contributed by atoms with Gasteiger partial charge in [-0.2, -0.15) is 4.98 Å². The van der Waals surface area contributed by atoms with Gasteiger partial charge in [0.05, 0.1) is 5.69 Å². The number of aromatic amines is 1. The summed E-state index contributed by atoms with van der Waals surface area (Å²) < 4.78 is 19.0. The van der Waals surface area contributed by atoms with Crippen LogP contribution in [0, 0.1) is 5.82 Å². The maximum Gasteiger partial charge on any atom is 0.230 e. The van der Waals surface area contributed by atoms with Crippen LogP contribution in [0.2, 0.25) is 0 Å². The van der Waals surface area contributed by atoms with Gasteiger partial charge in [-0.25, -0.2) is 9.37 Å². The molecule has 0 bridgehead atoms. The van der Waals surface area contributed by atoms with Crippen molar-refractivity contribution in [3.8, 4) is 11.6 Å². The largest absolute Gasteiger partial charge is 0.439 e. The second-order valence-electron chi connectivity index (χ2n) is 5.41. The monoisotopic (exact) mass is 335 g/mol. The maximum atomic E-state index is 13.2. The number of nitrogen functional groups attached to an aromatic ring is 1. The summed E-state index contributed by atoms with van der Waals surface area (Å²) in [6, 6.07) is 13.7. The normalized spacial score (nSPS) is 10.8. The molecule has 0 aliphatic carbocycles. The smallest absolute Gasteiger partial charge is 0.230 e. The standard InChI is InChI=1S/C18H14FN5O/c19-14-3-1-12(10-15(14)20)23-18-22-8-6-17(24-18)25-13-2-4-16-11(9-13)5-7-21-16/h1-10,21H,20H2,(H,22,23,24). The van der Waals surface area contributed by atoms with Gasteiger partial charge >= 0.3 is 0 Å². The molecule has 25 heavy (non-hydrogen) atoms. The van der Waals surface area contributed by atoms with E-state index in [4.69, 9.17) is 10.5 Å². The predicted octanol–water partition coefficient (Wildman–Crippen LogP) is 4.22. The predicted molar refractivity (Wildman–Crippen MR) is 94.5 cm³/mol. The summed E-state index contributed by atoms with van der Waals surface area (Å²) in [7, 11) is 0. The molecule has 0 fully saturated rings. The number of nitrogens with one attached hydrogen (secondary N) is 2. The van der Waals surface area contributed by atoms with Gasteiger partial charge in [0, 0.05) is 35.1 Å². The summed E-state index contributed by atoms with van der Waals surface area (Å²) in [4.78, 5) is 11.6. The first-order chi connectivity index (χ1) is 12.2. The van der Waals surface area contributed by atoms with Crippen LogP contribution < -0.4 is 15.8 Å². The molecule has 6 nitrogen and oxygen atoms in total. The van der Waals surface area contributed by atoms with Gasteiger partial charge in [-0.15, -0.1) is 0 Å². The molecule has 0 unspecified atom stereocenters. The van der Waals surface area contributed by atoms with Gasteiger partial charge in [-0.1, -0.05) is 0 Å². The molecule has 124 valence electrons. The molecule has 0 aliphatic rings. The van der Waals surface area contributed by atoms with E-state index in [1.807, 2.05) is 30.5 Å². The van der Waals surface area contributed by atoms with E-state index in [-0.39, 0.29) is 5.69 Å². The minimum Gasteiger partial charge on any atom is -0.439 e. The molecular formula is C18H14FN5O. The van der Waals surface area contributed by atoms with Gasteiger partial charge < -0.3 is 20.8 Å². The molecule has 2 heterocycles. The van der Waals surface area contributed by atoms with Gasteiger partial charge in [0.2, 0.25) is 11.8 Å². The summed E-state index contributed by atoms with van der Waals surface area (Å²) in [5, 5.41) is 4.02. The number of nitrogens with two attached hydrogens (primary N) is 1. The van der Waals surface area contributed by atoms with E-state index in [1.54, 1.807) is 18.3 Å². The Balaban J connectivity index is 1.55. The van der Waals surface area contributed by atoms with E-state index in [1.165, 1.54) is 12.1 Å². The molecule has 2 aromatic carbocycles. The third-order valence-corrected chi connectivity index (χ3v) is 3.63. The Hall–Kier alpha value is -3.61. The number of H-pyrrole nitrogens is 1. The van der Waals surface area contributed by atoms with Crippen LogP contribution in [0.15, 0.2) is 60.9 Å². The lowest BCUT2D eigenvalue weighted by atomic mass is 10.2. The highest BCUT2D eigenvalue weighted by molar-refractivity contribution is 5.80. The molecule has 4 N–H and O–H groups in total. The first-order valence-electron chi connectivity index (χ1n) is 7.57. The van der Waals surface area contributed by atoms with E-state index in [0.717, 1.165) is 10.9 Å². The number of anilines is 3. The van der Waals surface area contributed by atoms with Crippen molar-refractivity contribution in [3.05, 3.63) is 66.7 Å². The molecule has 0 spiro atoms. The van der Waals surface area contributed by atoms with E-state index < -0.39 is 5.82 Å². The van der Waals surface area contributed by atoms with Crippen LogP contribution in [0.25, 0.3) is 10.9 Å². The Morgan fingerprint density at radius 1 is 1.08 bits per heavy atom. The second kappa shape index (κ2) is 6.12. The molecule has 0 radical (unpaired) electrons. The van der Waals surface area contributed by atoms with Gasteiger partial charge in [0.1, 0.15) is 11.6 Å². The van der Waals surface area contributed by atoms with Crippen LogP contribution >= 0.6 is 0 Å². The van der Waals surface area contributed by atoms with Crippen LogP contribution in [0.5, 0.6) is 11.6 Å². The molecule has 4 aromatic rings. The fourth-order valence-electron chi connectivity index (χ4n) is 2.43. The van der Waals surface area contributed by atoms with Crippen molar-refractivity contribution >= 4 is 28.2 Å². The van der Waals surface area contributed by atoms with Crippen LogP contribution in [0.1, 0.15) is 0 Å². The zero-order valence-electron chi connectivity index (χ0n) is 13.0. The van der Waals surface area contributed by atoms with Gasteiger partial charge in [-0.3, -0.25) is 0 Å². The topological polar surface area (TPSA) is 88.9 Å². The molecule has 7 heteroatoms. The minimum absolute atomic E-state index is 0.0530. The van der Waals surface area contributed by atoms with Crippen molar-refractivity contribution in [1.82, 2.24) is 15.0 Å². The fourth-order valence-corrected chi connectivity index (χ4v) is 2.43. The highest BCUT2D eigenvalue weighted by Crippen LogP contribution is 2.25. The van der Waals surface area contributed by atoms with E-state index in [2.05, 4.69) is 20.3 Å². The molecule has 0 amide bonds. The van der Waals surface area contributed by atoms with E-state index >= 15 is 0 Å². The molecule has 0 saturated heterocycles. The number of halogens is 1. The Labute approximate surface area is 142 Å². The lowest BCUT2D eigenvalue weighted by molar-refractivity contribution is 0.463. The quantitative estimate of drug-likeness (QED) is 0.486. The Morgan fingerprint density at radius 3 is 2.88 bits per heavy atom. The Kier molecular flexibility index (Phi) is 3.66. The fraction of sp³-hybridized carbons (Fsp3) is 0. The Morgan fingerprint density at radius 2 is 2.00 bits per heavy atom. The SMILES string of the molecule is Nc1cc(Nc2nccc(Oc3ccc4[nH]ccc4c3)n2)ccc1F. The highest BCUT2D eigenvalue weighted by Gasteiger charge is 2.05. The average molecular weight is 335 g/mol. The van der Waals surface area contributed by atoms with Crippen LogP contribution in [0.4, 0.5) is 21.7 Å². The maximum absolute atomic E-state index is 13.2. The van der Waals surface area contributed by atoms with E-state index in [9.17, 15) is 4.39 Å². The van der Waals surface area contributed by atoms with Crippen LogP contribution in [-0.2, 0) is 0 Å². The highest BCUT2D eigenvalue weighted by atomic mass is 19.1. The number of fused-ring (bicyclic) bond motifs is 1. The van der Waals surface area contributed by atoms with Crippen LogP contribution in [0.3, 0.4) is 0 Å². The summed E-state index contributed by atoms with van der Waals surface area (Å²) >= 11 is 0. The van der Waals surface area contributed by atoms with E-state index in [0.29, 0.717) is 23.3 Å². The number of hydrogen-bond donors (Lipinski definition) is 3. The number of benzene rings is 2. The first kappa shape index (κ1) is 14.9. The van der Waals surface area contributed by atoms with Crippen molar-refractivity contribution in [2.45, 2.75) is 0 Å². The molecular weight excluding hydrogens is 321 g/mol. The number of nitrogens with zero attached hydrogens (tertiary/aromatic N) is 2. The van der Waals surface area contributed by atoms with Crippen molar-refractivity contribution in [1.29, 1.82) is 0 Å². The summed E-state index contributed by atoms with van der Waals surface area (Å²) in [5.74, 6) is 0.917. The minimum atomic E-state index is -0.469. The second-order valence-corrected chi connectivity index (χ2v) is 5.41. The van der Waals surface area contributed by atoms with Crippen molar-refractivity contribution in [3.63, 3.8) is 0 Å². The third-order valence-electron chi connectivity index (χ3n) is 3.63. The zero-order chi connectivity index (χ0) is 17.2. The number of ether oxygens (including phenoxy) is 1. The van der Waals surface area contributed by atoms with Gasteiger partial charge in [-0.05, 0) is 42.5 Å². The lowest BCUT2D eigenvalue weighted by Crippen LogP contribution is -1.99. The van der Waals surface area contributed by atoms with Gasteiger partial charge in [0.25, 0.3) is 0 Å². The first-order valence-corrected chi connectivity index (χ1v) is 7.57. The summed E-state index contributed by atoms with van der Waals surface area (Å²) in [6.07, 6.45) is 3.45. The number of hydrogen-bond acceptors (Lipinski definition) is 5. The van der Waals surface area contributed by atoms with Gasteiger partial charge in [0.15, 0.2) is 0 Å². The molecule has 2 aromatic heterocycles. The molecule has 0 saturated carbocycles.